The molecule has 0 unspecified atom stereocenters. The molecule has 0 heterocycles. The van der Waals surface area contributed by atoms with Gasteiger partial charge in [0.05, 0.1) is 24.5 Å². The van der Waals surface area contributed by atoms with Crippen LogP contribution in [0.25, 0.3) is 0 Å². The maximum absolute atomic E-state index is 11.3. The van der Waals surface area contributed by atoms with Gasteiger partial charge in [-0.1, -0.05) is 13.0 Å². The second kappa shape index (κ2) is 7.42. The van der Waals surface area contributed by atoms with Crippen molar-refractivity contribution in [3.63, 3.8) is 0 Å². The van der Waals surface area contributed by atoms with Crippen LogP contribution in [0.2, 0.25) is 0 Å². The third-order valence-electron chi connectivity index (χ3n) is 2.34. The monoisotopic (exact) mass is 251 g/mol. The standard InChI is InChI=1S/C13H21N3O2/c1-3-8-18-11-7-5-6-10(13(11)14)16-9-12(17)15-4-2/h5-7,16H,3-4,8-9,14H2,1-2H3,(H,15,17). The number of likely N-dealkylation sites (N-methyl/N-ethyl adjacent to an activating group) is 1. The highest BCUT2D eigenvalue weighted by Gasteiger charge is 2.06. The summed E-state index contributed by atoms with van der Waals surface area (Å²) in [4.78, 5) is 11.3. The summed E-state index contributed by atoms with van der Waals surface area (Å²) in [5, 5.41) is 5.71. The van der Waals surface area contributed by atoms with Crippen molar-refractivity contribution < 1.29 is 9.53 Å². The Hall–Kier alpha value is -1.91. The number of hydrogen-bond acceptors (Lipinski definition) is 4. The summed E-state index contributed by atoms with van der Waals surface area (Å²) in [7, 11) is 0. The maximum Gasteiger partial charge on any atom is 0.239 e. The number of anilines is 2. The molecule has 100 valence electrons. The molecule has 0 bridgehead atoms. The lowest BCUT2D eigenvalue weighted by Crippen LogP contribution is -2.29. The first-order valence-electron chi connectivity index (χ1n) is 6.20. The van der Waals surface area contributed by atoms with E-state index in [9.17, 15) is 4.79 Å². The van der Waals surface area contributed by atoms with E-state index < -0.39 is 0 Å². The molecule has 0 saturated heterocycles. The Balaban J connectivity index is 2.62. The first kappa shape index (κ1) is 14.2. The van der Waals surface area contributed by atoms with Crippen LogP contribution < -0.4 is 21.1 Å². The molecular weight excluding hydrogens is 230 g/mol. The number of rotatable bonds is 7. The summed E-state index contributed by atoms with van der Waals surface area (Å²) < 4.78 is 5.52. The number of amides is 1. The Morgan fingerprint density at radius 2 is 2.17 bits per heavy atom. The van der Waals surface area contributed by atoms with E-state index in [-0.39, 0.29) is 12.5 Å². The van der Waals surface area contributed by atoms with E-state index in [0.717, 1.165) is 12.1 Å². The van der Waals surface area contributed by atoms with Gasteiger partial charge in [0.2, 0.25) is 5.91 Å². The minimum atomic E-state index is -0.0585. The van der Waals surface area contributed by atoms with Gasteiger partial charge in [-0.15, -0.1) is 0 Å². The predicted molar refractivity (Wildman–Crippen MR) is 73.8 cm³/mol. The van der Waals surface area contributed by atoms with E-state index in [2.05, 4.69) is 10.6 Å². The number of nitrogens with one attached hydrogen (secondary N) is 2. The highest BCUT2D eigenvalue weighted by Crippen LogP contribution is 2.29. The summed E-state index contributed by atoms with van der Waals surface area (Å²) >= 11 is 0. The highest BCUT2D eigenvalue weighted by atomic mass is 16.5. The molecule has 5 nitrogen and oxygen atoms in total. The lowest BCUT2D eigenvalue weighted by Gasteiger charge is -2.13. The smallest absolute Gasteiger partial charge is 0.239 e. The summed E-state index contributed by atoms with van der Waals surface area (Å²) in [5.41, 5.74) is 7.22. The molecule has 5 heteroatoms. The molecule has 4 N–H and O–H groups in total. The Bertz CT molecular complexity index is 394. The van der Waals surface area contributed by atoms with Gasteiger partial charge in [-0.25, -0.2) is 0 Å². The fourth-order valence-corrected chi connectivity index (χ4v) is 1.47. The molecule has 1 amide bonds. The van der Waals surface area contributed by atoms with Crippen LogP contribution in [0.3, 0.4) is 0 Å². The first-order valence-corrected chi connectivity index (χ1v) is 6.20. The molecule has 1 aromatic carbocycles. The van der Waals surface area contributed by atoms with Gasteiger partial charge in [-0.2, -0.15) is 0 Å². The van der Waals surface area contributed by atoms with Crippen molar-refractivity contribution in [2.24, 2.45) is 0 Å². The minimum absolute atomic E-state index is 0.0585. The van der Waals surface area contributed by atoms with Crippen LogP contribution in [0, 0.1) is 0 Å². The molecule has 0 fully saturated rings. The van der Waals surface area contributed by atoms with Crippen molar-refractivity contribution in [1.82, 2.24) is 5.32 Å². The number of ether oxygens (including phenoxy) is 1. The minimum Gasteiger partial charge on any atom is -0.491 e. The van der Waals surface area contributed by atoms with Crippen LogP contribution in [0.1, 0.15) is 20.3 Å². The lowest BCUT2D eigenvalue weighted by molar-refractivity contribution is -0.119. The number of nitrogen functional groups attached to an aromatic ring is 1. The molecule has 0 aromatic heterocycles. The van der Waals surface area contributed by atoms with E-state index in [1.807, 2.05) is 32.0 Å². The third kappa shape index (κ3) is 4.16. The van der Waals surface area contributed by atoms with Crippen molar-refractivity contribution in [1.29, 1.82) is 0 Å². The van der Waals surface area contributed by atoms with Crippen LogP contribution in [0.5, 0.6) is 5.75 Å². The van der Waals surface area contributed by atoms with Crippen molar-refractivity contribution in [3.05, 3.63) is 18.2 Å². The number of nitrogens with two attached hydrogens (primary N) is 1. The fraction of sp³-hybridized carbons (Fsp3) is 0.462. The summed E-state index contributed by atoms with van der Waals surface area (Å²) in [5.74, 6) is 0.592. The molecular formula is C13H21N3O2. The Morgan fingerprint density at radius 3 is 2.83 bits per heavy atom. The average molecular weight is 251 g/mol. The summed E-state index contributed by atoms with van der Waals surface area (Å²) in [6.45, 7) is 5.37. The quantitative estimate of drug-likeness (QED) is 0.643. The zero-order valence-corrected chi connectivity index (χ0v) is 11.0. The van der Waals surface area contributed by atoms with Crippen molar-refractivity contribution in [2.75, 3.05) is 30.7 Å². The van der Waals surface area contributed by atoms with Crippen molar-refractivity contribution in [3.8, 4) is 5.75 Å². The molecule has 0 aliphatic carbocycles. The Morgan fingerprint density at radius 1 is 1.39 bits per heavy atom. The average Bonchev–Trinajstić information content (AvgIpc) is 2.36. The largest absolute Gasteiger partial charge is 0.491 e. The van der Waals surface area contributed by atoms with E-state index in [1.165, 1.54) is 0 Å². The topological polar surface area (TPSA) is 76.4 Å². The second-order valence-electron chi connectivity index (χ2n) is 3.87. The molecule has 0 radical (unpaired) electrons. The van der Waals surface area contributed by atoms with Gasteiger partial charge in [-0.05, 0) is 25.5 Å². The molecule has 0 aliphatic heterocycles. The Labute approximate surface area is 108 Å². The second-order valence-corrected chi connectivity index (χ2v) is 3.87. The highest BCUT2D eigenvalue weighted by molar-refractivity contribution is 5.83. The number of hydrogen-bond donors (Lipinski definition) is 3. The van der Waals surface area contributed by atoms with Crippen molar-refractivity contribution >= 4 is 17.3 Å². The Kier molecular flexibility index (Phi) is 5.84. The van der Waals surface area contributed by atoms with Gasteiger partial charge in [0.15, 0.2) is 0 Å². The SMILES string of the molecule is CCCOc1cccc(NCC(=O)NCC)c1N. The normalized spacial score (nSPS) is 9.89. The zero-order chi connectivity index (χ0) is 13.4. The first-order chi connectivity index (χ1) is 8.69. The van der Waals surface area contributed by atoms with E-state index in [4.69, 9.17) is 10.5 Å². The number of para-hydroxylation sites is 1. The van der Waals surface area contributed by atoms with E-state index in [0.29, 0.717) is 24.6 Å². The zero-order valence-electron chi connectivity index (χ0n) is 11.0. The maximum atomic E-state index is 11.3. The number of benzene rings is 1. The molecule has 0 spiro atoms. The van der Waals surface area contributed by atoms with Gasteiger partial charge >= 0.3 is 0 Å². The summed E-state index contributed by atoms with van der Waals surface area (Å²) in [6, 6.07) is 5.50. The van der Waals surface area contributed by atoms with Crippen LogP contribution >= 0.6 is 0 Å². The lowest BCUT2D eigenvalue weighted by atomic mass is 10.2. The predicted octanol–water partition coefficient (Wildman–Crippen LogP) is 1.61. The molecule has 1 aromatic rings. The van der Waals surface area contributed by atoms with E-state index >= 15 is 0 Å². The van der Waals surface area contributed by atoms with Crippen LogP contribution in [0.4, 0.5) is 11.4 Å². The van der Waals surface area contributed by atoms with Gasteiger partial charge < -0.3 is 21.1 Å². The molecule has 18 heavy (non-hydrogen) atoms. The van der Waals surface area contributed by atoms with Crippen LogP contribution in [0.15, 0.2) is 18.2 Å². The van der Waals surface area contributed by atoms with Crippen LogP contribution in [-0.2, 0) is 4.79 Å². The molecule has 0 saturated carbocycles. The molecule has 1 rings (SSSR count). The molecule has 0 aliphatic rings. The third-order valence-corrected chi connectivity index (χ3v) is 2.34. The van der Waals surface area contributed by atoms with Gasteiger partial charge in [0, 0.05) is 6.54 Å². The fourth-order valence-electron chi connectivity index (χ4n) is 1.47. The van der Waals surface area contributed by atoms with Gasteiger partial charge in [0.25, 0.3) is 0 Å². The van der Waals surface area contributed by atoms with Gasteiger partial charge in [0.1, 0.15) is 5.75 Å². The summed E-state index contributed by atoms with van der Waals surface area (Å²) in [6.07, 6.45) is 0.927. The van der Waals surface area contributed by atoms with Gasteiger partial charge in [-0.3, -0.25) is 4.79 Å². The number of carbonyl (C=O) groups is 1. The molecule has 0 atom stereocenters. The number of carbonyl (C=O) groups excluding carboxylic acids is 1. The van der Waals surface area contributed by atoms with E-state index in [1.54, 1.807) is 0 Å². The van der Waals surface area contributed by atoms with Crippen molar-refractivity contribution in [2.45, 2.75) is 20.3 Å². The van der Waals surface area contributed by atoms with Crippen LogP contribution in [-0.4, -0.2) is 25.6 Å².